The summed E-state index contributed by atoms with van der Waals surface area (Å²) in [7, 11) is 0. The van der Waals surface area contributed by atoms with Crippen LogP contribution < -0.4 is 0 Å². The third-order valence-corrected chi connectivity index (χ3v) is 9.04. The molecular formula is C41H38N2O. The first kappa shape index (κ1) is 28.0. The number of furan rings is 1. The third-order valence-electron chi connectivity index (χ3n) is 9.04. The van der Waals surface area contributed by atoms with E-state index in [-0.39, 0.29) is 5.41 Å². The molecule has 7 rings (SSSR count). The highest BCUT2D eigenvalue weighted by Gasteiger charge is 2.19. The van der Waals surface area contributed by atoms with Crippen molar-refractivity contribution in [3.05, 3.63) is 119 Å². The van der Waals surface area contributed by atoms with E-state index < -0.39 is 0 Å². The molecule has 3 heteroatoms. The molecule has 0 N–H and O–H groups in total. The van der Waals surface area contributed by atoms with E-state index in [1.807, 2.05) is 19.2 Å². The van der Waals surface area contributed by atoms with Gasteiger partial charge >= 0.3 is 0 Å². The zero-order chi connectivity index (χ0) is 30.9. The molecule has 0 bridgehead atoms. The van der Waals surface area contributed by atoms with Gasteiger partial charge in [0.1, 0.15) is 5.58 Å². The average molecular weight is 575 g/mol. The summed E-state index contributed by atoms with van der Waals surface area (Å²) in [6.45, 7) is 17.7. The second-order valence-corrected chi connectivity index (χ2v) is 13.4. The number of aromatic nitrogens is 2. The van der Waals surface area contributed by atoms with Crippen LogP contribution in [0.1, 0.15) is 54.3 Å². The minimum Gasteiger partial charge on any atom is -0.437 e. The van der Waals surface area contributed by atoms with E-state index in [4.69, 9.17) is 9.40 Å². The Balaban J connectivity index is 1.32. The number of hydrogen-bond acceptors (Lipinski definition) is 3. The molecule has 3 nitrogen and oxygen atoms in total. The Bertz CT molecular complexity index is 2240. The van der Waals surface area contributed by atoms with Gasteiger partial charge in [0.15, 0.2) is 0 Å². The predicted octanol–water partition coefficient (Wildman–Crippen LogP) is 11.4. The molecule has 3 heterocycles. The van der Waals surface area contributed by atoms with Gasteiger partial charge in [-0.1, -0.05) is 63.2 Å². The third kappa shape index (κ3) is 4.68. The summed E-state index contributed by atoms with van der Waals surface area (Å²) in [6.07, 6.45) is 1.98. The Morgan fingerprint density at radius 2 is 1.36 bits per heavy atom. The SMILES string of the molecule is Cc1ccc2c(n1)oc1c(-c3cc(-c4cc5ccc(-c6c(C)cc(C(C)(C)C)cc6C)cc5cc4C)c(C)cn3)cccc12. The van der Waals surface area contributed by atoms with Crippen LogP contribution in [-0.2, 0) is 5.41 Å². The summed E-state index contributed by atoms with van der Waals surface area (Å²) in [5.41, 5.74) is 15.9. The zero-order valence-corrected chi connectivity index (χ0v) is 26.9. The van der Waals surface area contributed by atoms with Gasteiger partial charge in [-0.3, -0.25) is 4.98 Å². The second-order valence-electron chi connectivity index (χ2n) is 13.4. The smallest absolute Gasteiger partial charge is 0.227 e. The molecule has 0 aliphatic heterocycles. The molecule has 0 atom stereocenters. The molecule has 0 unspecified atom stereocenters. The molecule has 4 aromatic carbocycles. The second kappa shape index (κ2) is 10.2. The van der Waals surface area contributed by atoms with Crippen LogP contribution in [0.5, 0.6) is 0 Å². The number of hydrogen-bond donors (Lipinski definition) is 0. The Hall–Kier alpha value is -4.76. The first-order chi connectivity index (χ1) is 21.0. The van der Waals surface area contributed by atoms with E-state index in [0.29, 0.717) is 5.71 Å². The van der Waals surface area contributed by atoms with Crippen LogP contribution in [0.15, 0.2) is 89.5 Å². The van der Waals surface area contributed by atoms with Crippen molar-refractivity contribution in [1.29, 1.82) is 0 Å². The summed E-state index contributed by atoms with van der Waals surface area (Å²) in [5, 5.41) is 4.57. The Morgan fingerprint density at radius 1 is 0.614 bits per heavy atom. The van der Waals surface area contributed by atoms with Gasteiger partial charge in [-0.15, -0.1) is 0 Å². The quantitative estimate of drug-likeness (QED) is 0.211. The molecule has 0 aliphatic rings. The van der Waals surface area contributed by atoms with Gasteiger partial charge in [-0.2, -0.15) is 0 Å². The van der Waals surface area contributed by atoms with Crippen molar-refractivity contribution >= 4 is 32.8 Å². The van der Waals surface area contributed by atoms with E-state index in [1.165, 1.54) is 55.3 Å². The van der Waals surface area contributed by atoms with Crippen LogP contribution in [0.25, 0.3) is 66.4 Å². The van der Waals surface area contributed by atoms with E-state index in [2.05, 4.69) is 126 Å². The number of fused-ring (bicyclic) bond motifs is 4. The van der Waals surface area contributed by atoms with Crippen LogP contribution in [0, 0.1) is 34.6 Å². The molecule has 44 heavy (non-hydrogen) atoms. The number of rotatable bonds is 3. The topological polar surface area (TPSA) is 38.9 Å². The van der Waals surface area contributed by atoms with Gasteiger partial charge in [-0.25, -0.2) is 4.98 Å². The minimum absolute atomic E-state index is 0.130. The number of aryl methyl sites for hydroxylation is 5. The van der Waals surface area contributed by atoms with Crippen LogP contribution in [0.2, 0.25) is 0 Å². The highest BCUT2D eigenvalue weighted by atomic mass is 16.3. The molecule has 3 aromatic heterocycles. The van der Waals surface area contributed by atoms with Gasteiger partial charge in [0.2, 0.25) is 5.71 Å². The maximum Gasteiger partial charge on any atom is 0.227 e. The van der Waals surface area contributed by atoms with Crippen LogP contribution in [0.4, 0.5) is 0 Å². The lowest BCUT2D eigenvalue weighted by Crippen LogP contribution is -2.12. The van der Waals surface area contributed by atoms with Crippen molar-refractivity contribution in [1.82, 2.24) is 9.97 Å². The van der Waals surface area contributed by atoms with E-state index in [9.17, 15) is 0 Å². The average Bonchev–Trinajstić information content (AvgIpc) is 3.34. The number of para-hydroxylation sites is 1. The van der Waals surface area contributed by atoms with E-state index in [0.717, 1.165) is 38.9 Å². The number of benzene rings is 4. The van der Waals surface area contributed by atoms with Gasteiger partial charge < -0.3 is 4.42 Å². The van der Waals surface area contributed by atoms with Crippen LogP contribution in [-0.4, -0.2) is 9.97 Å². The molecule has 7 aromatic rings. The number of nitrogens with zero attached hydrogens (tertiary/aromatic N) is 2. The molecule has 0 radical (unpaired) electrons. The molecule has 0 saturated heterocycles. The Kier molecular flexibility index (Phi) is 6.48. The Labute approximate surface area is 259 Å². The van der Waals surface area contributed by atoms with Gasteiger partial charge in [0, 0.05) is 28.2 Å². The van der Waals surface area contributed by atoms with Crippen molar-refractivity contribution in [3.63, 3.8) is 0 Å². The first-order valence-electron chi connectivity index (χ1n) is 15.4. The molecular weight excluding hydrogens is 536 g/mol. The number of pyridine rings is 2. The molecule has 218 valence electrons. The summed E-state index contributed by atoms with van der Waals surface area (Å²) in [4.78, 5) is 9.50. The fraction of sp³-hybridized carbons (Fsp3) is 0.220. The van der Waals surface area contributed by atoms with Gasteiger partial charge in [-0.05, 0) is 137 Å². The molecule has 0 spiro atoms. The van der Waals surface area contributed by atoms with Crippen molar-refractivity contribution in [2.24, 2.45) is 0 Å². The van der Waals surface area contributed by atoms with Gasteiger partial charge in [0.25, 0.3) is 0 Å². The summed E-state index contributed by atoms with van der Waals surface area (Å²) < 4.78 is 6.31. The molecule has 0 saturated carbocycles. The standard InChI is InChI=1S/C41H38N2O/c1-23-16-30-19-29(38-24(2)17-31(18-25(38)3)41(6,7)8)14-13-28(30)20-35(23)36-21-37(42-22-26(36)4)34-11-9-10-32-33-15-12-27(5)43-40(33)44-39(32)34/h9-22H,1-8H3. The summed E-state index contributed by atoms with van der Waals surface area (Å²) in [5.74, 6) is 0. The first-order valence-corrected chi connectivity index (χ1v) is 15.4. The maximum atomic E-state index is 6.31. The normalized spacial score (nSPS) is 12.1. The highest BCUT2D eigenvalue weighted by Crippen LogP contribution is 2.39. The summed E-state index contributed by atoms with van der Waals surface area (Å²) in [6, 6.07) is 28.9. The molecule has 0 aliphatic carbocycles. The Morgan fingerprint density at radius 3 is 2.11 bits per heavy atom. The lowest BCUT2D eigenvalue weighted by atomic mass is 9.82. The van der Waals surface area contributed by atoms with Crippen LogP contribution >= 0.6 is 0 Å². The van der Waals surface area contributed by atoms with E-state index in [1.54, 1.807) is 0 Å². The maximum absolute atomic E-state index is 6.31. The van der Waals surface area contributed by atoms with Crippen molar-refractivity contribution in [2.45, 2.75) is 60.8 Å². The zero-order valence-electron chi connectivity index (χ0n) is 26.9. The predicted molar refractivity (Wildman–Crippen MR) is 186 cm³/mol. The van der Waals surface area contributed by atoms with Crippen molar-refractivity contribution in [3.8, 4) is 33.5 Å². The van der Waals surface area contributed by atoms with E-state index >= 15 is 0 Å². The monoisotopic (exact) mass is 574 g/mol. The molecule has 0 fully saturated rings. The van der Waals surface area contributed by atoms with Crippen molar-refractivity contribution < 1.29 is 4.42 Å². The molecule has 0 amide bonds. The fourth-order valence-electron chi connectivity index (χ4n) is 6.64. The lowest BCUT2D eigenvalue weighted by molar-refractivity contribution is 0.589. The largest absolute Gasteiger partial charge is 0.437 e. The minimum atomic E-state index is 0.130. The van der Waals surface area contributed by atoms with Gasteiger partial charge in [0.05, 0.1) is 5.69 Å². The summed E-state index contributed by atoms with van der Waals surface area (Å²) >= 11 is 0. The lowest BCUT2D eigenvalue weighted by Gasteiger charge is -2.22. The van der Waals surface area contributed by atoms with Crippen LogP contribution in [0.3, 0.4) is 0 Å². The van der Waals surface area contributed by atoms with Crippen molar-refractivity contribution in [2.75, 3.05) is 0 Å². The highest BCUT2D eigenvalue weighted by molar-refractivity contribution is 6.08. The fourth-order valence-corrected chi connectivity index (χ4v) is 6.64.